The molecule has 0 bridgehead atoms. The standard InChI is InChI=1S/C15H17N3O2/c1-10-6-7-12(8-13(10)16-9-19)14-17-15(20-18-14)11-4-2-3-5-11/h6-9,11H,2-5H2,1H3,(H,16,19). The van der Waals surface area contributed by atoms with Crippen molar-refractivity contribution in [3.8, 4) is 11.4 Å². The molecule has 1 heterocycles. The van der Waals surface area contributed by atoms with Crippen LogP contribution in [0.5, 0.6) is 0 Å². The number of aryl methyl sites for hydroxylation is 1. The van der Waals surface area contributed by atoms with E-state index in [1.807, 2.05) is 25.1 Å². The van der Waals surface area contributed by atoms with Crippen LogP contribution in [0.3, 0.4) is 0 Å². The molecule has 0 saturated heterocycles. The van der Waals surface area contributed by atoms with Gasteiger partial charge in [-0.25, -0.2) is 0 Å². The monoisotopic (exact) mass is 271 g/mol. The Morgan fingerprint density at radius 3 is 2.90 bits per heavy atom. The molecule has 2 aromatic rings. The largest absolute Gasteiger partial charge is 0.339 e. The van der Waals surface area contributed by atoms with Gasteiger partial charge in [0.05, 0.1) is 0 Å². The van der Waals surface area contributed by atoms with Crippen LogP contribution in [0.2, 0.25) is 0 Å². The first kappa shape index (κ1) is 12.8. The van der Waals surface area contributed by atoms with E-state index in [9.17, 15) is 4.79 Å². The van der Waals surface area contributed by atoms with Crippen LogP contribution >= 0.6 is 0 Å². The highest BCUT2D eigenvalue weighted by Gasteiger charge is 2.23. The summed E-state index contributed by atoms with van der Waals surface area (Å²) < 4.78 is 5.38. The van der Waals surface area contributed by atoms with E-state index in [0.29, 0.717) is 18.2 Å². The minimum Gasteiger partial charge on any atom is -0.339 e. The summed E-state index contributed by atoms with van der Waals surface area (Å²) in [5.74, 6) is 1.73. The Labute approximate surface area is 117 Å². The Bertz CT molecular complexity index is 615. The van der Waals surface area contributed by atoms with E-state index in [-0.39, 0.29) is 0 Å². The maximum absolute atomic E-state index is 10.6. The summed E-state index contributed by atoms with van der Waals surface area (Å²) in [6, 6.07) is 5.74. The maximum atomic E-state index is 10.6. The van der Waals surface area contributed by atoms with Crippen molar-refractivity contribution in [2.45, 2.75) is 38.5 Å². The fraction of sp³-hybridized carbons (Fsp3) is 0.400. The molecule has 1 amide bonds. The van der Waals surface area contributed by atoms with E-state index < -0.39 is 0 Å². The molecule has 0 spiro atoms. The van der Waals surface area contributed by atoms with Crippen LogP contribution in [0.15, 0.2) is 22.7 Å². The Morgan fingerprint density at radius 2 is 2.15 bits per heavy atom. The van der Waals surface area contributed by atoms with Crippen LogP contribution < -0.4 is 5.32 Å². The van der Waals surface area contributed by atoms with E-state index in [1.54, 1.807) is 0 Å². The zero-order valence-electron chi connectivity index (χ0n) is 11.4. The molecule has 104 valence electrons. The molecule has 1 aromatic heterocycles. The predicted octanol–water partition coefficient (Wildman–Crippen LogP) is 3.27. The number of hydrogen-bond acceptors (Lipinski definition) is 4. The number of carbonyl (C=O) groups is 1. The Hall–Kier alpha value is -2.17. The zero-order valence-corrected chi connectivity index (χ0v) is 11.4. The second kappa shape index (κ2) is 5.45. The number of aromatic nitrogens is 2. The molecule has 0 radical (unpaired) electrons. The minimum atomic E-state index is 0.411. The predicted molar refractivity (Wildman–Crippen MR) is 75.4 cm³/mol. The summed E-state index contributed by atoms with van der Waals surface area (Å²) in [5, 5.41) is 6.74. The van der Waals surface area contributed by atoms with Crippen molar-refractivity contribution in [2.24, 2.45) is 0 Å². The summed E-state index contributed by atoms with van der Waals surface area (Å²) in [4.78, 5) is 15.1. The highest BCUT2D eigenvalue weighted by Crippen LogP contribution is 2.34. The van der Waals surface area contributed by atoms with Gasteiger partial charge in [-0.3, -0.25) is 4.79 Å². The Kier molecular flexibility index (Phi) is 3.50. The van der Waals surface area contributed by atoms with Gasteiger partial charge in [-0.2, -0.15) is 4.98 Å². The molecule has 1 aliphatic rings. The molecule has 3 rings (SSSR count). The lowest BCUT2D eigenvalue weighted by Gasteiger charge is -2.05. The Balaban J connectivity index is 1.88. The van der Waals surface area contributed by atoms with Crippen molar-refractivity contribution >= 4 is 12.1 Å². The van der Waals surface area contributed by atoms with Crippen LogP contribution in [0.4, 0.5) is 5.69 Å². The molecular formula is C15H17N3O2. The SMILES string of the molecule is Cc1ccc(-c2noc(C3CCCC3)n2)cc1NC=O. The number of amides is 1. The number of rotatable bonds is 4. The van der Waals surface area contributed by atoms with Crippen LogP contribution in [0.1, 0.15) is 43.1 Å². The molecule has 20 heavy (non-hydrogen) atoms. The van der Waals surface area contributed by atoms with Crippen LogP contribution in [0.25, 0.3) is 11.4 Å². The fourth-order valence-electron chi connectivity index (χ4n) is 2.67. The Morgan fingerprint density at radius 1 is 1.35 bits per heavy atom. The summed E-state index contributed by atoms with van der Waals surface area (Å²) in [5.41, 5.74) is 2.62. The molecule has 1 N–H and O–H groups in total. The van der Waals surface area contributed by atoms with Gasteiger partial charge in [0, 0.05) is 17.2 Å². The van der Waals surface area contributed by atoms with Crippen molar-refractivity contribution in [3.63, 3.8) is 0 Å². The maximum Gasteiger partial charge on any atom is 0.230 e. The number of carbonyl (C=O) groups excluding carboxylic acids is 1. The number of anilines is 1. The third-order valence-electron chi connectivity index (χ3n) is 3.86. The molecule has 1 aliphatic carbocycles. The van der Waals surface area contributed by atoms with Gasteiger partial charge in [-0.05, 0) is 31.4 Å². The first-order valence-electron chi connectivity index (χ1n) is 6.93. The third-order valence-corrected chi connectivity index (χ3v) is 3.86. The summed E-state index contributed by atoms with van der Waals surface area (Å²) in [6.07, 6.45) is 5.41. The fourth-order valence-corrected chi connectivity index (χ4v) is 2.67. The lowest BCUT2D eigenvalue weighted by Crippen LogP contribution is -1.97. The van der Waals surface area contributed by atoms with Crippen LogP contribution in [-0.2, 0) is 4.79 Å². The van der Waals surface area contributed by atoms with E-state index in [4.69, 9.17) is 4.52 Å². The minimum absolute atomic E-state index is 0.411. The highest BCUT2D eigenvalue weighted by atomic mass is 16.5. The van der Waals surface area contributed by atoms with Crippen LogP contribution in [-0.4, -0.2) is 16.6 Å². The summed E-state index contributed by atoms with van der Waals surface area (Å²) in [6.45, 7) is 1.94. The average molecular weight is 271 g/mol. The van der Waals surface area contributed by atoms with E-state index in [2.05, 4.69) is 15.5 Å². The first-order valence-corrected chi connectivity index (χ1v) is 6.93. The molecule has 1 fully saturated rings. The second-order valence-corrected chi connectivity index (χ2v) is 5.23. The number of nitrogens with one attached hydrogen (secondary N) is 1. The normalized spacial score (nSPS) is 15.4. The van der Waals surface area contributed by atoms with Crippen molar-refractivity contribution in [1.82, 2.24) is 10.1 Å². The topological polar surface area (TPSA) is 68.0 Å². The van der Waals surface area contributed by atoms with Crippen molar-refractivity contribution in [3.05, 3.63) is 29.7 Å². The molecule has 1 saturated carbocycles. The summed E-state index contributed by atoms with van der Waals surface area (Å²) in [7, 11) is 0. The first-order chi connectivity index (χ1) is 9.78. The smallest absolute Gasteiger partial charge is 0.230 e. The molecule has 5 nitrogen and oxygen atoms in total. The van der Waals surface area contributed by atoms with Gasteiger partial charge >= 0.3 is 0 Å². The van der Waals surface area contributed by atoms with Gasteiger partial charge in [0.25, 0.3) is 0 Å². The lowest BCUT2D eigenvalue weighted by atomic mass is 10.1. The lowest BCUT2D eigenvalue weighted by molar-refractivity contribution is -0.105. The van der Waals surface area contributed by atoms with Gasteiger partial charge in [-0.15, -0.1) is 0 Å². The molecule has 0 aliphatic heterocycles. The van der Waals surface area contributed by atoms with E-state index >= 15 is 0 Å². The van der Waals surface area contributed by atoms with E-state index in [0.717, 1.165) is 35.5 Å². The van der Waals surface area contributed by atoms with Gasteiger partial charge in [0.15, 0.2) is 0 Å². The molecule has 0 unspecified atom stereocenters. The summed E-state index contributed by atoms with van der Waals surface area (Å²) >= 11 is 0. The van der Waals surface area contributed by atoms with E-state index in [1.165, 1.54) is 12.8 Å². The number of nitrogens with zero attached hydrogens (tertiary/aromatic N) is 2. The highest BCUT2D eigenvalue weighted by molar-refractivity contribution is 5.76. The van der Waals surface area contributed by atoms with Crippen LogP contribution in [0, 0.1) is 6.92 Å². The number of hydrogen-bond donors (Lipinski definition) is 1. The quantitative estimate of drug-likeness (QED) is 0.866. The molecule has 0 atom stereocenters. The van der Waals surface area contributed by atoms with Gasteiger partial charge in [0.2, 0.25) is 18.1 Å². The zero-order chi connectivity index (χ0) is 13.9. The van der Waals surface area contributed by atoms with Crippen molar-refractivity contribution < 1.29 is 9.32 Å². The van der Waals surface area contributed by atoms with Gasteiger partial charge in [0.1, 0.15) is 0 Å². The molecular weight excluding hydrogens is 254 g/mol. The third kappa shape index (κ3) is 2.43. The molecule has 1 aromatic carbocycles. The second-order valence-electron chi connectivity index (χ2n) is 5.23. The van der Waals surface area contributed by atoms with Crippen molar-refractivity contribution in [1.29, 1.82) is 0 Å². The molecule has 5 heteroatoms. The van der Waals surface area contributed by atoms with Crippen molar-refractivity contribution in [2.75, 3.05) is 5.32 Å². The van der Waals surface area contributed by atoms with Gasteiger partial charge in [-0.1, -0.05) is 30.1 Å². The average Bonchev–Trinajstić information content (AvgIpc) is 3.11. The number of benzene rings is 1. The van der Waals surface area contributed by atoms with Gasteiger partial charge < -0.3 is 9.84 Å².